The normalized spacial score (nSPS) is 20.0. The molecule has 0 spiro atoms. The first-order valence-electron chi connectivity index (χ1n) is 9.67. The van der Waals surface area contributed by atoms with E-state index in [1.165, 1.54) is 18.4 Å². The summed E-state index contributed by atoms with van der Waals surface area (Å²) in [6.45, 7) is 1.89. The van der Waals surface area contributed by atoms with E-state index in [4.69, 9.17) is 17.3 Å². The summed E-state index contributed by atoms with van der Waals surface area (Å²) in [6, 6.07) is 13.4. The molecule has 1 fully saturated rings. The molecule has 0 radical (unpaired) electrons. The molecule has 5 rings (SSSR count). The second kappa shape index (κ2) is 7.00. The van der Waals surface area contributed by atoms with Crippen LogP contribution in [0.2, 0.25) is 0 Å². The Morgan fingerprint density at radius 2 is 2.00 bits per heavy atom. The van der Waals surface area contributed by atoms with Crippen molar-refractivity contribution in [3.8, 4) is 0 Å². The number of fused-ring (bicyclic) bond motifs is 1. The van der Waals surface area contributed by atoms with Crippen molar-refractivity contribution < 1.29 is 0 Å². The third-order valence-corrected chi connectivity index (χ3v) is 7.32. The highest BCUT2D eigenvalue weighted by Crippen LogP contribution is 2.48. The smallest absolute Gasteiger partial charge is 0.198 e. The van der Waals surface area contributed by atoms with Crippen LogP contribution >= 0.6 is 23.6 Å². The lowest BCUT2D eigenvalue weighted by atomic mass is 9.96. The minimum Gasteiger partial charge on any atom is -0.307 e. The van der Waals surface area contributed by atoms with Crippen molar-refractivity contribution in [3.05, 3.63) is 68.4 Å². The predicted molar refractivity (Wildman–Crippen MR) is 111 cm³/mol. The molecule has 0 amide bonds. The molecule has 4 nitrogen and oxygen atoms in total. The zero-order valence-electron chi connectivity index (χ0n) is 15.5. The molecular formula is C21H24N4S2. The fourth-order valence-electron chi connectivity index (χ4n) is 4.25. The lowest BCUT2D eigenvalue weighted by molar-refractivity contribution is 0.117. The maximum atomic E-state index is 5.72. The van der Waals surface area contributed by atoms with E-state index in [-0.39, 0.29) is 0 Å². The Balaban J connectivity index is 1.41. The van der Waals surface area contributed by atoms with Gasteiger partial charge in [0.25, 0.3) is 0 Å². The number of benzene rings is 1. The van der Waals surface area contributed by atoms with Gasteiger partial charge in [-0.25, -0.2) is 4.68 Å². The van der Waals surface area contributed by atoms with Crippen molar-refractivity contribution in [2.75, 3.05) is 6.54 Å². The molecule has 27 heavy (non-hydrogen) atoms. The molecule has 0 N–H and O–H groups in total. The number of thiophene rings is 1. The van der Waals surface area contributed by atoms with Crippen molar-refractivity contribution in [3.63, 3.8) is 0 Å². The third-order valence-electron chi connectivity index (χ3n) is 5.84. The van der Waals surface area contributed by atoms with Gasteiger partial charge in [0.05, 0.1) is 6.67 Å². The van der Waals surface area contributed by atoms with Crippen molar-refractivity contribution in [1.82, 2.24) is 19.2 Å². The molecule has 3 heterocycles. The number of hydrogen-bond acceptors (Lipinski definition) is 4. The summed E-state index contributed by atoms with van der Waals surface area (Å²) in [6.07, 6.45) is 4.66. The molecule has 2 aromatic heterocycles. The van der Waals surface area contributed by atoms with Crippen LogP contribution in [0.5, 0.6) is 0 Å². The topological polar surface area (TPSA) is 26.0 Å². The zero-order chi connectivity index (χ0) is 18.4. The minimum atomic E-state index is 0.543. The Kier molecular flexibility index (Phi) is 4.50. The number of hydrogen-bond donors (Lipinski definition) is 0. The number of nitrogens with zero attached hydrogens (tertiary/aromatic N) is 4. The van der Waals surface area contributed by atoms with Crippen molar-refractivity contribution >= 4 is 23.6 Å². The van der Waals surface area contributed by atoms with Gasteiger partial charge in [0, 0.05) is 30.9 Å². The average molecular weight is 397 g/mol. The van der Waals surface area contributed by atoms with Crippen LogP contribution in [0, 0.1) is 10.7 Å². The van der Waals surface area contributed by atoms with E-state index in [1.807, 2.05) is 29.1 Å². The zero-order valence-corrected chi connectivity index (χ0v) is 17.2. The second-order valence-corrected chi connectivity index (χ2v) is 9.07. The molecule has 1 aromatic carbocycles. The Labute approximate surface area is 169 Å². The van der Waals surface area contributed by atoms with Gasteiger partial charge in [-0.1, -0.05) is 30.3 Å². The standard InChI is InChI=1S/C21H24N4S2/c1-23-19(13-15-5-3-2-4-6-15)22-25(21(23)26)14-24-11-9-18-17(10-12-27-18)20(24)16-7-8-16/h2-6,10,12,16,20H,7-9,11,13-14H2,1H3/t20-/m0/s1. The van der Waals surface area contributed by atoms with Crippen molar-refractivity contribution in [2.45, 2.75) is 38.4 Å². The predicted octanol–water partition coefficient (Wildman–Crippen LogP) is 4.57. The Morgan fingerprint density at radius 3 is 2.78 bits per heavy atom. The van der Waals surface area contributed by atoms with Crippen LogP contribution in [0.3, 0.4) is 0 Å². The lowest BCUT2D eigenvalue weighted by Crippen LogP contribution is -2.37. The lowest BCUT2D eigenvalue weighted by Gasteiger charge is -2.35. The molecule has 1 saturated carbocycles. The van der Waals surface area contributed by atoms with Gasteiger partial charge in [0.2, 0.25) is 0 Å². The van der Waals surface area contributed by atoms with E-state index < -0.39 is 0 Å². The second-order valence-electron chi connectivity index (χ2n) is 7.70. The van der Waals surface area contributed by atoms with E-state index >= 15 is 0 Å². The van der Waals surface area contributed by atoms with E-state index in [2.05, 4.69) is 45.2 Å². The van der Waals surface area contributed by atoms with E-state index in [9.17, 15) is 0 Å². The molecule has 1 atom stereocenters. The van der Waals surface area contributed by atoms with Crippen LogP contribution in [0.1, 0.15) is 40.7 Å². The van der Waals surface area contributed by atoms with Gasteiger partial charge >= 0.3 is 0 Å². The first kappa shape index (κ1) is 17.3. The Bertz CT molecular complexity index is 997. The Hall–Kier alpha value is -1.76. The summed E-state index contributed by atoms with van der Waals surface area (Å²) < 4.78 is 4.90. The van der Waals surface area contributed by atoms with Crippen LogP contribution in [-0.4, -0.2) is 25.8 Å². The highest BCUT2D eigenvalue weighted by atomic mass is 32.1. The van der Waals surface area contributed by atoms with Crippen LogP contribution in [0.15, 0.2) is 41.8 Å². The fraction of sp³-hybridized carbons (Fsp3) is 0.429. The summed E-state index contributed by atoms with van der Waals surface area (Å²) in [5.41, 5.74) is 2.82. The molecule has 1 aliphatic carbocycles. The van der Waals surface area contributed by atoms with Crippen LogP contribution in [0.25, 0.3) is 0 Å². The number of aromatic nitrogens is 3. The molecule has 0 saturated heterocycles. The third kappa shape index (κ3) is 3.30. The van der Waals surface area contributed by atoms with E-state index in [1.54, 1.807) is 10.4 Å². The van der Waals surface area contributed by atoms with Gasteiger partial charge in [-0.05, 0) is 60.0 Å². The molecule has 140 valence electrons. The minimum absolute atomic E-state index is 0.543. The monoisotopic (exact) mass is 396 g/mol. The van der Waals surface area contributed by atoms with Gasteiger partial charge in [0.15, 0.2) is 4.77 Å². The maximum Gasteiger partial charge on any atom is 0.198 e. The maximum absolute atomic E-state index is 5.72. The Morgan fingerprint density at radius 1 is 1.19 bits per heavy atom. The van der Waals surface area contributed by atoms with Crippen LogP contribution in [0.4, 0.5) is 0 Å². The summed E-state index contributed by atoms with van der Waals surface area (Å²) in [4.78, 5) is 4.18. The molecule has 1 aliphatic heterocycles. The van der Waals surface area contributed by atoms with Gasteiger partial charge < -0.3 is 4.57 Å². The van der Waals surface area contributed by atoms with E-state index in [0.717, 1.165) is 42.6 Å². The molecular weight excluding hydrogens is 372 g/mol. The van der Waals surface area contributed by atoms with Gasteiger partial charge in [-0.3, -0.25) is 4.90 Å². The highest BCUT2D eigenvalue weighted by molar-refractivity contribution is 7.71. The summed E-state index contributed by atoms with van der Waals surface area (Å²) in [5, 5.41) is 7.15. The summed E-state index contributed by atoms with van der Waals surface area (Å²) in [7, 11) is 2.04. The van der Waals surface area contributed by atoms with Crippen LogP contribution in [-0.2, 0) is 26.6 Å². The quantitative estimate of drug-likeness (QED) is 0.591. The summed E-state index contributed by atoms with van der Waals surface area (Å²) in [5.74, 6) is 1.84. The van der Waals surface area contributed by atoms with Crippen LogP contribution < -0.4 is 0 Å². The van der Waals surface area contributed by atoms with E-state index in [0.29, 0.717) is 6.04 Å². The molecule has 3 aromatic rings. The molecule has 0 bridgehead atoms. The van der Waals surface area contributed by atoms with Crippen molar-refractivity contribution in [1.29, 1.82) is 0 Å². The average Bonchev–Trinajstić information content (AvgIpc) is 3.35. The van der Waals surface area contributed by atoms with Crippen molar-refractivity contribution in [2.24, 2.45) is 13.0 Å². The fourth-order valence-corrected chi connectivity index (χ4v) is 5.37. The SMILES string of the molecule is Cn1c(Cc2ccccc2)nn(CN2CCc3sccc3[C@@H]2C2CC2)c1=S. The van der Waals surface area contributed by atoms with Gasteiger partial charge in [0.1, 0.15) is 5.82 Å². The number of rotatable bonds is 5. The molecule has 6 heteroatoms. The molecule has 2 aliphatic rings. The van der Waals surface area contributed by atoms with Gasteiger partial charge in [-0.15, -0.1) is 11.3 Å². The summed E-state index contributed by atoms with van der Waals surface area (Å²) >= 11 is 7.64. The van der Waals surface area contributed by atoms with Gasteiger partial charge in [-0.2, -0.15) is 5.10 Å². The largest absolute Gasteiger partial charge is 0.307 e. The highest BCUT2D eigenvalue weighted by Gasteiger charge is 2.40. The first-order valence-corrected chi connectivity index (χ1v) is 11.0. The first-order chi connectivity index (χ1) is 13.2. The molecule has 0 unspecified atom stereocenters.